The number of imide groups is 2. The Morgan fingerprint density at radius 3 is 2.62 bits per heavy atom. The van der Waals surface area contributed by atoms with Gasteiger partial charge in [-0.3, -0.25) is 19.8 Å². The molecule has 2 aliphatic rings. The quantitative estimate of drug-likeness (QED) is 0.465. The molecule has 4 rings (SSSR count). The Hall–Kier alpha value is -3.39. The van der Waals surface area contributed by atoms with Gasteiger partial charge in [0.15, 0.2) is 11.5 Å². The predicted octanol–water partition coefficient (Wildman–Crippen LogP) is 4.86. The standard InChI is InChI=1S/C25H24ClFN2O5/c1-33-21-13-16(12-20(26)22(21)34-14-15-6-5-7-17(27)10-15)11-19-23(30)28-25(32)29(24(19)31)18-8-3-2-4-9-18/h5-7,10-13,18H,2-4,8-9,14H2,1H3,(H,28,30,32). The van der Waals surface area contributed by atoms with E-state index in [4.69, 9.17) is 21.1 Å². The number of nitrogens with one attached hydrogen (secondary N) is 1. The second-order valence-corrected chi connectivity index (χ2v) is 8.64. The van der Waals surface area contributed by atoms with E-state index in [1.54, 1.807) is 18.2 Å². The van der Waals surface area contributed by atoms with Gasteiger partial charge in [0.2, 0.25) is 0 Å². The Kier molecular flexibility index (Phi) is 7.17. The first-order chi connectivity index (χ1) is 16.4. The fourth-order valence-corrected chi connectivity index (χ4v) is 4.53. The lowest BCUT2D eigenvalue weighted by Gasteiger charge is -2.35. The zero-order chi connectivity index (χ0) is 24.2. The van der Waals surface area contributed by atoms with Crippen molar-refractivity contribution in [2.45, 2.75) is 44.8 Å². The SMILES string of the molecule is COc1cc(C=C2C(=O)NC(=O)N(C3CCCCC3)C2=O)cc(Cl)c1OCc1cccc(F)c1. The van der Waals surface area contributed by atoms with Crippen molar-refractivity contribution in [3.05, 3.63) is 63.9 Å². The number of methoxy groups -OCH3 is 1. The molecule has 178 valence electrons. The Morgan fingerprint density at radius 1 is 1.15 bits per heavy atom. The van der Waals surface area contributed by atoms with Crippen molar-refractivity contribution in [2.24, 2.45) is 0 Å². The van der Waals surface area contributed by atoms with Crippen molar-refractivity contribution in [1.29, 1.82) is 0 Å². The summed E-state index contributed by atoms with van der Waals surface area (Å²) >= 11 is 6.42. The third kappa shape index (κ3) is 5.07. The van der Waals surface area contributed by atoms with Crippen LogP contribution in [0.2, 0.25) is 5.02 Å². The number of ether oxygens (including phenoxy) is 2. The maximum atomic E-state index is 13.4. The molecule has 4 amide bonds. The van der Waals surface area contributed by atoms with Crippen molar-refractivity contribution in [1.82, 2.24) is 10.2 Å². The van der Waals surface area contributed by atoms with Crippen LogP contribution in [0.25, 0.3) is 6.08 Å². The summed E-state index contributed by atoms with van der Waals surface area (Å²) in [4.78, 5) is 39.1. The summed E-state index contributed by atoms with van der Waals surface area (Å²) in [5, 5.41) is 2.45. The van der Waals surface area contributed by atoms with Gasteiger partial charge < -0.3 is 9.47 Å². The van der Waals surface area contributed by atoms with Gasteiger partial charge >= 0.3 is 6.03 Å². The zero-order valence-corrected chi connectivity index (χ0v) is 19.4. The van der Waals surface area contributed by atoms with Crippen LogP contribution < -0.4 is 14.8 Å². The number of hydrogen-bond donors (Lipinski definition) is 1. The van der Waals surface area contributed by atoms with E-state index in [1.165, 1.54) is 31.4 Å². The van der Waals surface area contributed by atoms with Gasteiger partial charge in [-0.25, -0.2) is 9.18 Å². The van der Waals surface area contributed by atoms with E-state index in [9.17, 15) is 18.8 Å². The van der Waals surface area contributed by atoms with Crippen LogP contribution in [0.1, 0.15) is 43.2 Å². The maximum Gasteiger partial charge on any atom is 0.331 e. The Bertz CT molecular complexity index is 1160. The number of benzene rings is 2. The van der Waals surface area contributed by atoms with E-state index in [1.807, 2.05) is 0 Å². The van der Waals surface area contributed by atoms with E-state index in [0.29, 0.717) is 11.1 Å². The van der Waals surface area contributed by atoms with E-state index in [-0.39, 0.29) is 40.6 Å². The summed E-state index contributed by atoms with van der Waals surface area (Å²) in [6.45, 7) is 0.0631. The van der Waals surface area contributed by atoms with Gasteiger partial charge in [-0.15, -0.1) is 0 Å². The number of urea groups is 1. The molecule has 2 aromatic carbocycles. The van der Waals surface area contributed by atoms with E-state index in [2.05, 4.69) is 5.32 Å². The van der Waals surface area contributed by atoms with Crippen LogP contribution >= 0.6 is 11.6 Å². The molecule has 0 unspecified atom stereocenters. The van der Waals surface area contributed by atoms with Crippen LogP contribution in [0.4, 0.5) is 9.18 Å². The normalized spacial score (nSPS) is 18.3. The lowest BCUT2D eigenvalue weighted by atomic mass is 9.93. The molecular weight excluding hydrogens is 463 g/mol. The molecule has 34 heavy (non-hydrogen) atoms. The van der Waals surface area contributed by atoms with Gasteiger partial charge in [-0.2, -0.15) is 0 Å². The topological polar surface area (TPSA) is 84.9 Å². The number of hydrogen-bond acceptors (Lipinski definition) is 5. The molecule has 1 aliphatic heterocycles. The van der Waals surface area contributed by atoms with Gasteiger partial charge in [0, 0.05) is 6.04 Å². The first kappa shape index (κ1) is 23.8. The average molecular weight is 487 g/mol. The summed E-state index contributed by atoms with van der Waals surface area (Å²) in [5.41, 5.74) is 0.884. The van der Waals surface area contributed by atoms with E-state index in [0.717, 1.165) is 37.0 Å². The molecular formula is C25H24ClFN2O5. The molecule has 1 N–H and O–H groups in total. The Labute approximate surface area is 201 Å². The van der Waals surface area contributed by atoms with E-state index < -0.39 is 17.8 Å². The first-order valence-corrected chi connectivity index (χ1v) is 11.4. The molecule has 0 bridgehead atoms. The Morgan fingerprint density at radius 2 is 1.91 bits per heavy atom. The predicted molar refractivity (Wildman–Crippen MR) is 124 cm³/mol. The largest absolute Gasteiger partial charge is 0.493 e. The number of halogens is 2. The molecule has 1 saturated heterocycles. The molecule has 9 heteroatoms. The lowest BCUT2D eigenvalue weighted by Crippen LogP contribution is -2.58. The summed E-state index contributed by atoms with van der Waals surface area (Å²) in [7, 11) is 1.43. The monoisotopic (exact) mass is 486 g/mol. The molecule has 0 aromatic heterocycles. The minimum absolute atomic E-state index is 0.0631. The van der Waals surface area contributed by atoms with Crippen molar-refractivity contribution >= 4 is 35.5 Å². The van der Waals surface area contributed by atoms with Crippen LogP contribution in [-0.2, 0) is 16.2 Å². The van der Waals surface area contributed by atoms with Gasteiger partial charge in [0.1, 0.15) is 18.0 Å². The summed E-state index contributed by atoms with van der Waals surface area (Å²) in [6, 6.07) is 8.17. The molecule has 1 heterocycles. The van der Waals surface area contributed by atoms with Gasteiger partial charge in [-0.1, -0.05) is 43.0 Å². The van der Waals surface area contributed by atoms with Gasteiger partial charge in [0.25, 0.3) is 11.8 Å². The van der Waals surface area contributed by atoms with Crippen LogP contribution in [0.15, 0.2) is 42.0 Å². The molecule has 0 atom stereocenters. The third-order valence-corrected chi connectivity index (χ3v) is 6.19. The molecule has 0 radical (unpaired) electrons. The molecule has 2 aromatic rings. The number of carbonyl (C=O) groups is 3. The highest BCUT2D eigenvalue weighted by atomic mass is 35.5. The van der Waals surface area contributed by atoms with Crippen LogP contribution in [0, 0.1) is 5.82 Å². The molecule has 0 spiro atoms. The number of amides is 4. The van der Waals surface area contributed by atoms with Crippen LogP contribution in [0.3, 0.4) is 0 Å². The molecule has 7 nitrogen and oxygen atoms in total. The van der Waals surface area contributed by atoms with Crippen molar-refractivity contribution < 1.29 is 28.2 Å². The third-order valence-electron chi connectivity index (χ3n) is 5.91. The zero-order valence-electron chi connectivity index (χ0n) is 18.6. The molecule has 1 saturated carbocycles. The fourth-order valence-electron chi connectivity index (χ4n) is 4.25. The van der Waals surface area contributed by atoms with Crippen LogP contribution in [0.5, 0.6) is 11.5 Å². The number of rotatable bonds is 6. The summed E-state index contributed by atoms with van der Waals surface area (Å²) in [6.07, 6.45) is 5.74. The van der Waals surface area contributed by atoms with Crippen LogP contribution in [-0.4, -0.2) is 35.9 Å². The second kappa shape index (κ2) is 10.3. The highest BCUT2D eigenvalue weighted by Gasteiger charge is 2.40. The smallest absolute Gasteiger partial charge is 0.331 e. The lowest BCUT2D eigenvalue weighted by molar-refractivity contribution is -0.132. The first-order valence-electron chi connectivity index (χ1n) is 11.0. The fraction of sp³-hybridized carbons (Fsp3) is 0.320. The highest BCUT2D eigenvalue weighted by molar-refractivity contribution is 6.33. The molecule has 2 fully saturated rings. The van der Waals surface area contributed by atoms with Crippen molar-refractivity contribution in [2.75, 3.05) is 7.11 Å². The average Bonchev–Trinajstić information content (AvgIpc) is 2.81. The maximum absolute atomic E-state index is 13.4. The van der Waals surface area contributed by atoms with Gasteiger partial charge in [0.05, 0.1) is 12.1 Å². The van der Waals surface area contributed by atoms with E-state index >= 15 is 0 Å². The summed E-state index contributed by atoms with van der Waals surface area (Å²) in [5.74, 6) is -1.24. The minimum atomic E-state index is -0.761. The summed E-state index contributed by atoms with van der Waals surface area (Å²) < 4.78 is 24.6. The van der Waals surface area contributed by atoms with Crippen molar-refractivity contribution in [3.8, 4) is 11.5 Å². The molecule has 1 aliphatic carbocycles. The number of nitrogens with zero attached hydrogens (tertiary/aromatic N) is 1. The number of carbonyl (C=O) groups excluding carboxylic acids is 3. The highest BCUT2D eigenvalue weighted by Crippen LogP contribution is 2.38. The van der Waals surface area contributed by atoms with Gasteiger partial charge in [-0.05, 0) is 54.3 Å². The second-order valence-electron chi connectivity index (χ2n) is 8.24. The number of barbiturate groups is 1. The Balaban J connectivity index is 1.59. The van der Waals surface area contributed by atoms with Crippen molar-refractivity contribution in [3.63, 3.8) is 0 Å². The minimum Gasteiger partial charge on any atom is -0.493 e.